The Kier molecular flexibility index (Phi) is 5.46. The molecule has 0 aliphatic carbocycles. The Morgan fingerprint density at radius 1 is 1.20 bits per heavy atom. The van der Waals surface area contributed by atoms with Gasteiger partial charge in [0.1, 0.15) is 5.82 Å². The molecule has 1 atom stereocenters. The second-order valence-electron chi connectivity index (χ2n) is 4.82. The lowest BCUT2D eigenvalue weighted by Gasteiger charge is -2.12. The van der Waals surface area contributed by atoms with E-state index in [-0.39, 0.29) is 11.9 Å². The van der Waals surface area contributed by atoms with Crippen LogP contribution in [0.5, 0.6) is 0 Å². The number of thioether (sulfide) groups is 1. The van der Waals surface area contributed by atoms with Gasteiger partial charge in [-0.05, 0) is 43.2 Å². The number of rotatable bonds is 5. The summed E-state index contributed by atoms with van der Waals surface area (Å²) in [4.78, 5) is 1.20. The number of halogens is 2. The van der Waals surface area contributed by atoms with E-state index in [4.69, 9.17) is 17.3 Å². The van der Waals surface area contributed by atoms with Crippen LogP contribution in [0.1, 0.15) is 11.1 Å². The monoisotopic (exact) mass is 309 g/mol. The van der Waals surface area contributed by atoms with Crippen molar-refractivity contribution in [3.63, 3.8) is 0 Å². The first kappa shape index (κ1) is 15.4. The Morgan fingerprint density at radius 3 is 2.55 bits per heavy atom. The fourth-order valence-corrected chi connectivity index (χ4v) is 2.96. The van der Waals surface area contributed by atoms with E-state index in [2.05, 4.69) is 31.2 Å². The van der Waals surface area contributed by atoms with Gasteiger partial charge in [0, 0.05) is 21.7 Å². The molecule has 0 heterocycles. The Balaban J connectivity index is 1.89. The lowest BCUT2D eigenvalue weighted by atomic mass is 10.1. The number of benzene rings is 2. The predicted octanol–water partition coefficient (Wildman–Crippen LogP) is 4.45. The van der Waals surface area contributed by atoms with Crippen molar-refractivity contribution in [1.29, 1.82) is 0 Å². The summed E-state index contributed by atoms with van der Waals surface area (Å²) in [6.45, 7) is 2.07. The maximum absolute atomic E-state index is 13.0. The van der Waals surface area contributed by atoms with Crippen LogP contribution in [-0.4, -0.2) is 11.8 Å². The molecule has 0 saturated carbocycles. The summed E-state index contributed by atoms with van der Waals surface area (Å²) in [5.41, 5.74) is 8.26. The third-order valence-corrected chi connectivity index (χ3v) is 4.53. The zero-order chi connectivity index (χ0) is 14.5. The number of hydrogen-bond donors (Lipinski definition) is 1. The minimum Gasteiger partial charge on any atom is -0.327 e. The summed E-state index contributed by atoms with van der Waals surface area (Å²) in [5.74, 6) is 0.484. The van der Waals surface area contributed by atoms with Gasteiger partial charge in [0.2, 0.25) is 0 Å². The normalized spacial score (nSPS) is 12.4. The summed E-state index contributed by atoms with van der Waals surface area (Å²) < 4.78 is 13.0. The molecule has 106 valence electrons. The zero-order valence-corrected chi connectivity index (χ0v) is 12.8. The SMILES string of the molecule is Cc1ccc(SCC(N)Cc2ccc(F)cc2Cl)cc1. The van der Waals surface area contributed by atoms with Gasteiger partial charge in [-0.2, -0.15) is 0 Å². The van der Waals surface area contributed by atoms with Gasteiger partial charge in [-0.1, -0.05) is 35.4 Å². The van der Waals surface area contributed by atoms with Gasteiger partial charge in [-0.25, -0.2) is 4.39 Å². The highest BCUT2D eigenvalue weighted by Gasteiger charge is 2.09. The number of hydrogen-bond acceptors (Lipinski definition) is 2. The van der Waals surface area contributed by atoms with Crippen molar-refractivity contribution >= 4 is 23.4 Å². The van der Waals surface area contributed by atoms with Crippen molar-refractivity contribution in [2.24, 2.45) is 5.73 Å². The van der Waals surface area contributed by atoms with E-state index in [1.807, 2.05) is 0 Å². The van der Waals surface area contributed by atoms with E-state index >= 15 is 0 Å². The average molecular weight is 310 g/mol. The first-order valence-electron chi connectivity index (χ1n) is 6.43. The number of aryl methyl sites for hydroxylation is 1. The fourth-order valence-electron chi connectivity index (χ4n) is 1.87. The van der Waals surface area contributed by atoms with Gasteiger partial charge in [-0.15, -0.1) is 11.8 Å². The highest BCUT2D eigenvalue weighted by molar-refractivity contribution is 7.99. The van der Waals surface area contributed by atoms with Crippen molar-refractivity contribution in [2.75, 3.05) is 5.75 Å². The Labute approximate surface area is 128 Å². The van der Waals surface area contributed by atoms with Gasteiger partial charge in [0.05, 0.1) is 0 Å². The quantitative estimate of drug-likeness (QED) is 0.826. The molecule has 1 nitrogen and oxygen atoms in total. The van der Waals surface area contributed by atoms with Gasteiger partial charge in [-0.3, -0.25) is 0 Å². The molecule has 2 aromatic rings. The van der Waals surface area contributed by atoms with Gasteiger partial charge < -0.3 is 5.73 Å². The Morgan fingerprint density at radius 2 is 1.90 bits per heavy atom. The molecular weight excluding hydrogens is 293 g/mol. The van der Waals surface area contributed by atoms with Crippen molar-refractivity contribution in [3.8, 4) is 0 Å². The van der Waals surface area contributed by atoms with Crippen molar-refractivity contribution in [1.82, 2.24) is 0 Å². The maximum Gasteiger partial charge on any atom is 0.124 e. The molecule has 20 heavy (non-hydrogen) atoms. The largest absolute Gasteiger partial charge is 0.327 e. The summed E-state index contributed by atoms with van der Waals surface area (Å²) in [6, 6.07) is 12.8. The molecule has 1 unspecified atom stereocenters. The maximum atomic E-state index is 13.0. The molecular formula is C16H17ClFNS. The van der Waals surface area contributed by atoms with E-state index in [0.717, 1.165) is 11.3 Å². The average Bonchev–Trinajstić information content (AvgIpc) is 2.41. The van der Waals surface area contributed by atoms with Crippen LogP contribution < -0.4 is 5.73 Å². The van der Waals surface area contributed by atoms with Crippen LogP contribution in [0.2, 0.25) is 5.02 Å². The Bertz CT molecular complexity index is 571. The summed E-state index contributed by atoms with van der Waals surface area (Å²) in [5, 5.41) is 0.445. The highest BCUT2D eigenvalue weighted by Crippen LogP contribution is 2.22. The lowest BCUT2D eigenvalue weighted by molar-refractivity contribution is 0.626. The first-order chi connectivity index (χ1) is 9.54. The van der Waals surface area contributed by atoms with Crippen LogP contribution >= 0.6 is 23.4 Å². The van der Waals surface area contributed by atoms with Crippen molar-refractivity contribution in [3.05, 3.63) is 64.4 Å². The van der Waals surface area contributed by atoms with Crippen LogP contribution in [-0.2, 0) is 6.42 Å². The third-order valence-electron chi connectivity index (χ3n) is 2.98. The first-order valence-corrected chi connectivity index (χ1v) is 7.80. The van der Waals surface area contributed by atoms with E-state index in [1.165, 1.54) is 22.6 Å². The van der Waals surface area contributed by atoms with E-state index in [0.29, 0.717) is 11.4 Å². The molecule has 0 saturated heterocycles. The predicted molar refractivity (Wildman–Crippen MR) is 85.0 cm³/mol. The summed E-state index contributed by atoms with van der Waals surface area (Å²) in [7, 11) is 0. The molecule has 0 fully saturated rings. The van der Waals surface area contributed by atoms with Crippen LogP contribution in [0.25, 0.3) is 0 Å². The smallest absolute Gasteiger partial charge is 0.124 e. The molecule has 0 bridgehead atoms. The van der Waals surface area contributed by atoms with Crippen LogP contribution in [0, 0.1) is 12.7 Å². The molecule has 2 N–H and O–H groups in total. The molecule has 4 heteroatoms. The second-order valence-corrected chi connectivity index (χ2v) is 6.32. The zero-order valence-electron chi connectivity index (χ0n) is 11.3. The van der Waals surface area contributed by atoms with Gasteiger partial charge in [0.15, 0.2) is 0 Å². The molecule has 2 rings (SSSR count). The van der Waals surface area contributed by atoms with Crippen molar-refractivity contribution < 1.29 is 4.39 Å². The topological polar surface area (TPSA) is 26.0 Å². The van der Waals surface area contributed by atoms with Crippen LogP contribution in [0.3, 0.4) is 0 Å². The lowest BCUT2D eigenvalue weighted by Crippen LogP contribution is -2.25. The Hall–Kier alpha value is -1.03. The molecule has 0 radical (unpaired) electrons. The van der Waals surface area contributed by atoms with E-state index < -0.39 is 0 Å². The minimum atomic E-state index is -0.318. The van der Waals surface area contributed by atoms with Crippen molar-refractivity contribution in [2.45, 2.75) is 24.3 Å². The van der Waals surface area contributed by atoms with Gasteiger partial charge in [0.25, 0.3) is 0 Å². The molecule has 0 amide bonds. The molecule has 2 aromatic carbocycles. The molecule has 0 aromatic heterocycles. The second kappa shape index (κ2) is 7.11. The minimum absolute atomic E-state index is 0.00994. The summed E-state index contributed by atoms with van der Waals surface area (Å²) >= 11 is 7.73. The number of nitrogens with two attached hydrogens (primary N) is 1. The standard InChI is InChI=1S/C16H17ClFNS/c1-11-2-6-15(7-3-11)20-10-14(19)8-12-4-5-13(18)9-16(12)17/h2-7,9,14H,8,10,19H2,1H3. The van der Waals surface area contributed by atoms with Crippen LogP contribution in [0.15, 0.2) is 47.4 Å². The highest BCUT2D eigenvalue weighted by atomic mass is 35.5. The third kappa shape index (κ3) is 4.51. The molecule has 0 aliphatic heterocycles. The summed E-state index contributed by atoms with van der Waals surface area (Å²) in [6.07, 6.45) is 0.651. The fraction of sp³-hybridized carbons (Fsp3) is 0.250. The van der Waals surface area contributed by atoms with E-state index in [9.17, 15) is 4.39 Å². The van der Waals surface area contributed by atoms with Gasteiger partial charge >= 0.3 is 0 Å². The van der Waals surface area contributed by atoms with E-state index in [1.54, 1.807) is 17.8 Å². The molecule has 0 spiro atoms. The molecule has 0 aliphatic rings. The van der Waals surface area contributed by atoms with Crippen LogP contribution in [0.4, 0.5) is 4.39 Å².